The maximum Gasteiger partial charge on any atom is 0.260 e. The topological polar surface area (TPSA) is 104 Å². The molecule has 0 atom stereocenters. The Kier molecular flexibility index (Phi) is 6.31. The fourth-order valence-electron chi connectivity index (χ4n) is 2.90. The number of rotatable bonds is 7. The van der Waals surface area contributed by atoms with Crippen LogP contribution in [0, 0.1) is 0 Å². The van der Waals surface area contributed by atoms with E-state index in [1.807, 2.05) is 6.92 Å². The predicted octanol–water partition coefficient (Wildman–Crippen LogP) is 1.60. The highest BCUT2D eigenvalue weighted by molar-refractivity contribution is 7.99. The second-order valence-corrected chi connectivity index (χ2v) is 8.23. The summed E-state index contributed by atoms with van der Waals surface area (Å²) in [5, 5.41) is 6.41. The first-order chi connectivity index (χ1) is 12.6. The zero-order valence-electron chi connectivity index (χ0n) is 14.6. The Labute approximate surface area is 159 Å². The molecular weight excluding hydrogens is 372 g/mol. The molecule has 0 fully saturated rings. The van der Waals surface area contributed by atoms with E-state index in [-0.39, 0.29) is 29.7 Å². The number of carbonyl (C=O) groups excluding carboxylic acids is 2. The van der Waals surface area contributed by atoms with Crippen LogP contribution >= 0.6 is 23.1 Å². The fourth-order valence-corrected chi connectivity index (χ4v) is 4.91. The Morgan fingerprint density at radius 2 is 2.04 bits per heavy atom. The number of nitrogens with zero attached hydrogens (tertiary/aromatic N) is 1. The number of aromatic amines is 1. The molecule has 3 N–H and O–H groups in total. The van der Waals surface area contributed by atoms with E-state index in [0.29, 0.717) is 17.1 Å². The Bertz CT molecular complexity index is 875. The maximum atomic E-state index is 12.4. The van der Waals surface area contributed by atoms with Gasteiger partial charge in [-0.1, -0.05) is 18.7 Å². The third-order valence-electron chi connectivity index (χ3n) is 4.16. The molecule has 2 heterocycles. The molecule has 0 aliphatic heterocycles. The van der Waals surface area contributed by atoms with Gasteiger partial charge < -0.3 is 15.6 Å². The molecule has 2 aromatic heterocycles. The van der Waals surface area contributed by atoms with Crippen LogP contribution in [0.5, 0.6) is 0 Å². The van der Waals surface area contributed by atoms with Crippen molar-refractivity contribution >= 4 is 45.1 Å². The van der Waals surface area contributed by atoms with Gasteiger partial charge in [-0.3, -0.25) is 14.4 Å². The van der Waals surface area contributed by atoms with E-state index in [1.54, 1.807) is 11.3 Å². The molecule has 0 spiro atoms. The van der Waals surface area contributed by atoms with Crippen molar-refractivity contribution in [2.45, 2.75) is 44.2 Å². The second-order valence-electron chi connectivity index (χ2n) is 6.18. The van der Waals surface area contributed by atoms with Crippen LogP contribution in [0.1, 0.15) is 36.6 Å². The number of aromatic nitrogens is 2. The number of thioether (sulfide) groups is 1. The molecule has 9 heteroatoms. The molecule has 0 saturated carbocycles. The average molecular weight is 395 g/mol. The second kappa shape index (κ2) is 8.68. The normalized spacial score (nSPS) is 13.4. The summed E-state index contributed by atoms with van der Waals surface area (Å²) in [6.07, 6.45) is 5.07. The van der Waals surface area contributed by atoms with Crippen molar-refractivity contribution in [2.75, 3.05) is 18.8 Å². The minimum Gasteiger partial charge on any atom is -0.355 e. The van der Waals surface area contributed by atoms with Crippen molar-refractivity contribution in [3.63, 3.8) is 0 Å². The minimum absolute atomic E-state index is 0.0416. The summed E-state index contributed by atoms with van der Waals surface area (Å²) in [6, 6.07) is 0. The van der Waals surface area contributed by atoms with Crippen LogP contribution in [-0.4, -0.2) is 40.6 Å². The summed E-state index contributed by atoms with van der Waals surface area (Å²) < 4.78 is 0. The van der Waals surface area contributed by atoms with Crippen molar-refractivity contribution in [3.05, 3.63) is 20.8 Å². The van der Waals surface area contributed by atoms with Crippen LogP contribution in [0.2, 0.25) is 0 Å². The number of fused-ring (bicyclic) bond motifs is 3. The van der Waals surface area contributed by atoms with E-state index in [9.17, 15) is 14.4 Å². The van der Waals surface area contributed by atoms with Gasteiger partial charge in [-0.2, -0.15) is 0 Å². The molecule has 2 aromatic rings. The summed E-state index contributed by atoms with van der Waals surface area (Å²) in [5.41, 5.74) is 1.02. The molecule has 2 amide bonds. The number of nitrogens with one attached hydrogen (secondary N) is 3. The summed E-state index contributed by atoms with van der Waals surface area (Å²) in [4.78, 5) is 45.1. The smallest absolute Gasteiger partial charge is 0.260 e. The molecule has 0 radical (unpaired) electrons. The van der Waals surface area contributed by atoms with Gasteiger partial charge in [0.1, 0.15) is 4.83 Å². The van der Waals surface area contributed by atoms with Gasteiger partial charge >= 0.3 is 0 Å². The van der Waals surface area contributed by atoms with E-state index in [1.165, 1.54) is 16.6 Å². The van der Waals surface area contributed by atoms with E-state index < -0.39 is 0 Å². The molecule has 0 saturated heterocycles. The highest BCUT2D eigenvalue weighted by Crippen LogP contribution is 2.34. The molecule has 26 heavy (non-hydrogen) atoms. The zero-order chi connectivity index (χ0) is 18.5. The quantitative estimate of drug-likeness (QED) is 0.489. The van der Waals surface area contributed by atoms with Crippen LogP contribution in [0.25, 0.3) is 10.2 Å². The molecule has 0 aromatic carbocycles. The Hall–Kier alpha value is -1.87. The van der Waals surface area contributed by atoms with Gasteiger partial charge in [-0.05, 0) is 37.7 Å². The Balaban J connectivity index is 1.60. The van der Waals surface area contributed by atoms with Crippen molar-refractivity contribution in [2.24, 2.45) is 0 Å². The van der Waals surface area contributed by atoms with Crippen molar-refractivity contribution < 1.29 is 9.59 Å². The zero-order valence-corrected chi connectivity index (χ0v) is 16.3. The first-order valence-corrected chi connectivity index (χ1v) is 10.6. The van der Waals surface area contributed by atoms with E-state index in [0.717, 1.165) is 42.5 Å². The molecule has 1 aliphatic rings. The lowest BCUT2D eigenvalue weighted by Crippen LogP contribution is -2.37. The lowest BCUT2D eigenvalue weighted by molar-refractivity contribution is -0.124. The first kappa shape index (κ1) is 18.9. The molecule has 3 rings (SSSR count). The van der Waals surface area contributed by atoms with Crippen LogP contribution in [0.3, 0.4) is 0 Å². The van der Waals surface area contributed by atoms with Crippen LogP contribution in [0.15, 0.2) is 9.95 Å². The van der Waals surface area contributed by atoms with E-state index in [4.69, 9.17) is 0 Å². The van der Waals surface area contributed by atoms with Gasteiger partial charge in [0, 0.05) is 11.4 Å². The van der Waals surface area contributed by atoms with Crippen molar-refractivity contribution in [1.29, 1.82) is 0 Å². The highest BCUT2D eigenvalue weighted by Gasteiger charge is 2.20. The molecule has 1 aliphatic carbocycles. The molecule has 0 unspecified atom stereocenters. The fraction of sp³-hybridized carbons (Fsp3) is 0.529. The SMILES string of the molecule is CCCNC(=O)CNC(=O)CSc1nc2sc3c(c2c(=O)[nH]1)CCCC3. The summed E-state index contributed by atoms with van der Waals surface area (Å²) in [7, 11) is 0. The van der Waals surface area contributed by atoms with Crippen LogP contribution < -0.4 is 16.2 Å². The third-order valence-corrected chi connectivity index (χ3v) is 6.22. The summed E-state index contributed by atoms with van der Waals surface area (Å²) in [5.74, 6) is -0.377. The maximum absolute atomic E-state index is 12.4. The summed E-state index contributed by atoms with van der Waals surface area (Å²) in [6.45, 7) is 2.52. The van der Waals surface area contributed by atoms with Crippen LogP contribution in [0.4, 0.5) is 0 Å². The average Bonchev–Trinajstić information content (AvgIpc) is 3.01. The molecule has 0 bridgehead atoms. The van der Waals surface area contributed by atoms with Gasteiger partial charge in [-0.15, -0.1) is 11.3 Å². The van der Waals surface area contributed by atoms with Gasteiger partial charge in [-0.25, -0.2) is 4.98 Å². The Morgan fingerprint density at radius 3 is 2.85 bits per heavy atom. The number of hydrogen-bond donors (Lipinski definition) is 3. The molecule has 140 valence electrons. The third kappa shape index (κ3) is 4.45. The van der Waals surface area contributed by atoms with E-state index in [2.05, 4.69) is 20.6 Å². The van der Waals surface area contributed by atoms with Crippen molar-refractivity contribution in [3.8, 4) is 0 Å². The number of hydrogen-bond acceptors (Lipinski definition) is 6. The summed E-state index contributed by atoms with van der Waals surface area (Å²) >= 11 is 2.76. The number of amides is 2. The monoisotopic (exact) mass is 394 g/mol. The number of carbonyl (C=O) groups is 2. The first-order valence-electron chi connectivity index (χ1n) is 8.79. The van der Waals surface area contributed by atoms with E-state index >= 15 is 0 Å². The van der Waals surface area contributed by atoms with Crippen LogP contribution in [-0.2, 0) is 22.4 Å². The van der Waals surface area contributed by atoms with Gasteiger partial charge in [0.25, 0.3) is 5.56 Å². The predicted molar refractivity (Wildman–Crippen MR) is 104 cm³/mol. The van der Waals surface area contributed by atoms with Gasteiger partial charge in [0.15, 0.2) is 5.16 Å². The van der Waals surface area contributed by atoms with Crippen molar-refractivity contribution in [1.82, 2.24) is 20.6 Å². The number of H-pyrrole nitrogens is 1. The number of aryl methyl sites for hydroxylation is 2. The minimum atomic E-state index is -0.269. The standard InChI is InChI=1S/C17H22N4O3S2/c1-2-7-18-12(22)8-19-13(23)9-25-17-20-15(24)14-10-5-3-4-6-11(10)26-16(14)21-17/h2-9H2,1H3,(H,18,22)(H,19,23)(H,20,21,24). The highest BCUT2D eigenvalue weighted by atomic mass is 32.2. The molecule has 7 nitrogen and oxygen atoms in total. The lowest BCUT2D eigenvalue weighted by Gasteiger charge is -2.09. The lowest BCUT2D eigenvalue weighted by atomic mass is 9.97. The van der Waals surface area contributed by atoms with Gasteiger partial charge in [0.2, 0.25) is 11.8 Å². The largest absolute Gasteiger partial charge is 0.355 e. The van der Waals surface area contributed by atoms with Gasteiger partial charge in [0.05, 0.1) is 17.7 Å². The molecular formula is C17H22N4O3S2. The number of thiophene rings is 1. The Morgan fingerprint density at radius 1 is 1.23 bits per heavy atom.